The third kappa shape index (κ3) is 3.36. The van der Waals surface area contributed by atoms with Gasteiger partial charge in [-0.3, -0.25) is 9.89 Å². The Balaban J connectivity index is 1.48. The number of aromatic nitrogens is 2. The average molecular weight is 306 g/mol. The van der Waals surface area contributed by atoms with Crippen molar-refractivity contribution in [2.24, 2.45) is 0 Å². The first kappa shape index (κ1) is 13.9. The van der Waals surface area contributed by atoms with Gasteiger partial charge in [-0.1, -0.05) is 11.6 Å². The molecular formula is C15H16ClN3O2. The normalized spacial score (nSPS) is 13.9. The van der Waals surface area contributed by atoms with Gasteiger partial charge in [-0.15, -0.1) is 0 Å². The zero-order chi connectivity index (χ0) is 14.7. The van der Waals surface area contributed by atoms with Crippen LogP contribution in [0.5, 0.6) is 5.75 Å². The number of H-pyrrole nitrogens is 1. The number of carbonyl (C=O) groups excluding carboxylic acids is 1. The first-order valence-corrected chi connectivity index (χ1v) is 7.27. The van der Waals surface area contributed by atoms with Gasteiger partial charge >= 0.3 is 0 Å². The first-order chi connectivity index (χ1) is 10.2. The maximum Gasteiger partial charge on any atom is 0.226 e. The van der Waals surface area contributed by atoms with E-state index in [1.54, 1.807) is 30.5 Å². The number of nitrogens with one attached hydrogen (secondary N) is 1. The number of aromatic amines is 1. The lowest BCUT2D eigenvalue weighted by Gasteiger charge is -2.26. The third-order valence-electron chi connectivity index (χ3n) is 3.55. The van der Waals surface area contributed by atoms with Crippen LogP contribution >= 0.6 is 11.6 Å². The Morgan fingerprint density at radius 3 is 3.00 bits per heavy atom. The average Bonchev–Trinajstić information content (AvgIpc) is 2.96. The second-order valence-corrected chi connectivity index (χ2v) is 5.43. The van der Waals surface area contributed by atoms with E-state index in [2.05, 4.69) is 10.2 Å². The van der Waals surface area contributed by atoms with Crippen LogP contribution < -0.4 is 4.74 Å². The van der Waals surface area contributed by atoms with Gasteiger partial charge in [-0.2, -0.15) is 5.10 Å². The van der Waals surface area contributed by atoms with Crippen molar-refractivity contribution >= 4 is 17.5 Å². The van der Waals surface area contributed by atoms with Crippen molar-refractivity contribution < 1.29 is 9.53 Å². The highest BCUT2D eigenvalue weighted by Gasteiger charge is 2.21. The molecule has 0 spiro atoms. The molecule has 2 heterocycles. The molecule has 3 rings (SSSR count). The summed E-state index contributed by atoms with van der Waals surface area (Å²) >= 11 is 5.81. The lowest BCUT2D eigenvalue weighted by molar-refractivity contribution is -0.132. The molecule has 0 aliphatic carbocycles. The van der Waals surface area contributed by atoms with Crippen LogP contribution in [0.4, 0.5) is 0 Å². The van der Waals surface area contributed by atoms with Crippen molar-refractivity contribution in [1.82, 2.24) is 15.1 Å². The number of halogens is 1. The Kier molecular flexibility index (Phi) is 4.10. The van der Waals surface area contributed by atoms with E-state index in [1.165, 1.54) is 0 Å². The van der Waals surface area contributed by atoms with Crippen LogP contribution in [0.25, 0.3) is 0 Å². The molecule has 5 nitrogen and oxygen atoms in total. The Hall–Kier alpha value is -2.01. The van der Waals surface area contributed by atoms with Crippen LogP contribution in [0.1, 0.15) is 17.7 Å². The van der Waals surface area contributed by atoms with E-state index >= 15 is 0 Å². The van der Waals surface area contributed by atoms with E-state index < -0.39 is 0 Å². The zero-order valence-corrected chi connectivity index (χ0v) is 12.3. The quantitative estimate of drug-likeness (QED) is 0.943. The van der Waals surface area contributed by atoms with E-state index in [-0.39, 0.29) is 5.91 Å². The predicted octanol–water partition coefficient (Wildman–Crippen LogP) is 2.42. The number of amides is 1. The summed E-state index contributed by atoms with van der Waals surface area (Å²) in [5.41, 5.74) is 2.24. The topological polar surface area (TPSA) is 58.2 Å². The second kappa shape index (κ2) is 6.18. The summed E-state index contributed by atoms with van der Waals surface area (Å²) < 4.78 is 5.55. The Morgan fingerprint density at radius 1 is 1.38 bits per heavy atom. The summed E-state index contributed by atoms with van der Waals surface area (Å²) in [7, 11) is 0. The molecule has 1 aromatic heterocycles. The molecular weight excluding hydrogens is 290 g/mol. The SMILES string of the molecule is O=C(CCOc1ccc(Cl)cc1)N1CCc2[nH]ncc2C1. The Bertz CT molecular complexity index is 624. The third-order valence-corrected chi connectivity index (χ3v) is 3.80. The molecule has 1 aliphatic rings. The van der Waals surface area contributed by atoms with Crippen molar-refractivity contribution in [2.45, 2.75) is 19.4 Å². The fourth-order valence-electron chi connectivity index (χ4n) is 2.38. The van der Waals surface area contributed by atoms with Crippen LogP contribution in [0.3, 0.4) is 0 Å². The summed E-state index contributed by atoms with van der Waals surface area (Å²) in [6.45, 7) is 1.73. The summed E-state index contributed by atoms with van der Waals surface area (Å²) in [6.07, 6.45) is 2.99. The lowest BCUT2D eigenvalue weighted by atomic mass is 10.1. The van der Waals surface area contributed by atoms with Crippen molar-refractivity contribution in [3.63, 3.8) is 0 Å². The predicted molar refractivity (Wildman–Crippen MR) is 79.3 cm³/mol. The van der Waals surface area contributed by atoms with Gasteiger partial charge in [0.1, 0.15) is 5.75 Å². The number of nitrogens with zero attached hydrogens (tertiary/aromatic N) is 2. The van der Waals surface area contributed by atoms with Gasteiger partial charge < -0.3 is 9.64 Å². The first-order valence-electron chi connectivity index (χ1n) is 6.89. The summed E-state index contributed by atoms with van der Waals surface area (Å²) in [6, 6.07) is 7.13. The van der Waals surface area contributed by atoms with E-state index in [4.69, 9.17) is 16.3 Å². The largest absolute Gasteiger partial charge is 0.493 e. The Morgan fingerprint density at radius 2 is 2.19 bits per heavy atom. The molecule has 0 fully saturated rings. The number of carbonyl (C=O) groups is 1. The van der Waals surface area contributed by atoms with Crippen molar-refractivity contribution in [3.8, 4) is 5.75 Å². The van der Waals surface area contributed by atoms with Gasteiger partial charge in [0.15, 0.2) is 0 Å². The van der Waals surface area contributed by atoms with Gasteiger partial charge in [0, 0.05) is 35.8 Å². The fraction of sp³-hybridized carbons (Fsp3) is 0.333. The molecule has 110 valence electrons. The Labute approximate surface area is 127 Å². The minimum absolute atomic E-state index is 0.107. The molecule has 0 atom stereocenters. The molecule has 21 heavy (non-hydrogen) atoms. The number of ether oxygens (including phenoxy) is 1. The minimum atomic E-state index is 0.107. The molecule has 2 aromatic rings. The maximum absolute atomic E-state index is 12.2. The summed E-state index contributed by atoms with van der Waals surface area (Å²) in [4.78, 5) is 14.0. The van der Waals surface area contributed by atoms with Crippen LogP contribution in [-0.4, -0.2) is 34.2 Å². The van der Waals surface area contributed by atoms with Crippen molar-refractivity contribution in [2.75, 3.05) is 13.2 Å². The monoisotopic (exact) mass is 305 g/mol. The van der Waals surface area contributed by atoms with Crippen molar-refractivity contribution in [1.29, 1.82) is 0 Å². The minimum Gasteiger partial charge on any atom is -0.493 e. The molecule has 1 N–H and O–H groups in total. The number of rotatable bonds is 4. The van der Waals surface area contributed by atoms with Crippen LogP contribution in [0.15, 0.2) is 30.5 Å². The van der Waals surface area contributed by atoms with Crippen molar-refractivity contribution in [3.05, 3.63) is 46.7 Å². The smallest absolute Gasteiger partial charge is 0.226 e. The number of hydrogen-bond donors (Lipinski definition) is 1. The molecule has 0 radical (unpaired) electrons. The van der Waals surface area contributed by atoms with Gasteiger partial charge in [0.05, 0.1) is 19.2 Å². The maximum atomic E-state index is 12.2. The highest BCUT2D eigenvalue weighted by molar-refractivity contribution is 6.30. The molecule has 1 aliphatic heterocycles. The van der Waals surface area contributed by atoms with E-state index in [1.807, 2.05) is 4.90 Å². The number of benzene rings is 1. The summed E-state index contributed by atoms with van der Waals surface area (Å²) in [5.74, 6) is 0.832. The van der Waals surface area contributed by atoms with Crippen LogP contribution in [0.2, 0.25) is 5.02 Å². The fourth-order valence-corrected chi connectivity index (χ4v) is 2.51. The standard InChI is InChI=1S/C15H16ClN3O2/c16-12-1-3-13(4-2-12)21-8-6-15(20)19-7-5-14-11(10-19)9-17-18-14/h1-4,9H,5-8,10H2,(H,17,18). The van der Waals surface area contributed by atoms with Gasteiger partial charge in [0.25, 0.3) is 0 Å². The van der Waals surface area contributed by atoms with Gasteiger partial charge in [0.2, 0.25) is 5.91 Å². The van der Waals surface area contributed by atoms with Gasteiger partial charge in [-0.05, 0) is 24.3 Å². The molecule has 0 unspecified atom stereocenters. The molecule has 0 saturated carbocycles. The molecule has 0 bridgehead atoms. The molecule has 1 aromatic carbocycles. The summed E-state index contributed by atoms with van der Waals surface area (Å²) in [5, 5.41) is 7.64. The van der Waals surface area contributed by atoms with E-state index in [0.717, 1.165) is 30.0 Å². The highest BCUT2D eigenvalue weighted by Crippen LogP contribution is 2.18. The lowest BCUT2D eigenvalue weighted by Crippen LogP contribution is -2.36. The highest BCUT2D eigenvalue weighted by atomic mass is 35.5. The van der Waals surface area contributed by atoms with E-state index in [0.29, 0.717) is 24.6 Å². The van der Waals surface area contributed by atoms with E-state index in [9.17, 15) is 4.79 Å². The second-order valence-electron chi connectivity index (χ2n) is 4.99. The van der Waals surface area contributed by atoms with Crippen LogP contribution in [-0.2, 0) is 17.8 Å². The molecule has 0 saturated heterocycles. The van der Waals surface area contributed by atoms with Gasteiger partial charge in [-0.25, -0.2) is 0 Å². The zero-order valence-electron chi connectivity index (χ0n) is 11.5. The number of hydrogen-bond acceptors (Lipinski definition) is 3. The molecule has 6 heteroatoms. The number of fused-ring (bicyclic) bond motifs is 1. The van der Waals surface area contributed by atoms with Crippen LogP contribution in [0, 0.1) is 0 Å². The molecule has 1 amide bonds.